The van der Waals surface area contributed by atoms with E-state index in [2.05, 4.69) is 19.2 Å². The van der Waals surface area contributed by atoms with Crippen molar-refractivity contribution in [2.24, 2.45) is 5.92 Å². The lowest BCUT2D eigenvalue weighted by atomic mass is 10.0. The maximum absolute atomic E-state index is 12.5. The second kappa shape index (κ2) is 6.62. The van der Waals surface area contributed by atoms with Gasteiger partial charge >= 0.3 is 0 Å². The first-order chi connectivity index (χ1) is 9.56. The maximum atomic E-state index is 12.5. The van der Waals surface area contributed by atoms with E-state index >= 15 is 0 Å². The number of carbonyl (C=O) groups is 1. The first-order valence-corrected chi connectivity index (χ1v) is 7.13. The van der Waals surface area contributed by atoms with Crippen molar-refractivity contribution < 1.29 is 4.79 Å². The van der Waals surface area contributed by atoms with E-state index in [-0.39, 0.29) is 11.9 Å². The third-order valence-corrected chi connectivity index (χ3v) is 3.35. The molecule has 1 atom stereocenters. The van der Waals surface area contributed by atoms with Gasteiger partial charge < -0.3 is 9.88 Å². The summed E-state index contributed by atoms with van der Waals surface area (Å²) in [5.41, 5.74) is 0.764. The number of amides is 1. The second-order valence-corrected chi connectivity index (χ2v) is 5.71. The lowest BCUT2D eigenvalue weighted by Crippen LogP contribution is -2.26. The van der Waals surface area contributed by atoms with Crippen molar-refractivity contribution in [1.82, 2.24) is 4.57 Å². The molecule has 106 valence electrons. The van der Waals surface area contributed by atoms with E-state index in [9.17, 15) is 4.79 Å². The summed E-state index contributed by atoms with van der Waals surface area (Å²) in [5.74, 6) is 0.440. The molecule has 0 radical (unpaired) electrons. The number of hydrogen-bond acceptors (Lipinski definition) is 1. The monoisotopic (exact) mass is 290 g/mol. The Morgan fingerprint density at radius 2 is 1.80 bits per heavy atom. The lowest BCUT2D eigenvalue weighted by molar-refractivity contribution is -0.119. The molecule has 0 aliphatic rings. The molecule has 0 bridgehead atoms. The van der Waals surface area contributed by atoms with Crippen LogP contribution in [0.15, 0.2) is 48.8 Å². The zero-order valence-electron chi connectivity index (χ0n) is 11.7. The van der Waals surface area contributed by atoms with Crippen molar-refractivity contribution in [3.8, 4) is 0 Å². The highest BCUT2D eigenvalue weighted by Crippen LogP contribution is 2.21. The Labute approximate surface area is 124 Å². The van der Waals surface area contributed by atoms with Crippen LogP contribution in [0.4, 0.5) is 5.69 Å². The minimum atomic E-state index is -0.194. The Morgan fingerprint density at radius 1 is 1.20 bits per heavy atom. The van der Waals surface area contributed by atoms with Crippen LogP contribution in [0.25, 0.3) is 0 Å². The summed E-state index contributed by atoms with van der Waals surface area (Å²) in [6, 6.07) is 10.8. The molecule has 0 spiro atoms. The highest BCUT2D eigenvalue weighted by atomic mass is 35.5. The SMILES string of the molecule is CC(C)C[C@@H](C(=O)Nc1ccc(Cl)cc1)n1cccc1. The standard InChI is InChI=1S/C16H19ClN2O/c1-12(2)11-15(19-9-3-4-10-19)16(20)18-14-7-5-13(17)6-8-14/h3-10,12,15H,11H2,1-2H3,(H,18,20)/t15-/m0/s1. The molecule has 2 rings (SSSR count). The average molecular weight is 291 g/mol. The predicted molar refractivity (Wildman–Crippen MR) is 83.0 cm³/mol. The van der Waals surface area contributed by atoms with E-state index < -0.39 is 0 Å². The summed E-state index contributed by atoms with van der Waals surface area (Å²) in [6.07, 6.45) is 4.65. The molecule has 0 aliphatic carbocycles. The van der Waals surface area contributed by atoms with Gasteiger partial charge in [0.2, 0.25) is 5.91 Å². The van der Waals surface area contributed by atoms with Gasteiger partial charge in [0.15, 0.2) is 0 Å². The Morgan fingerprint density at radius 3 is 2.35 bits per heavy atom. The van der Waals surface area contributed by atoms with Crippen molar-refractivity contribution in [3.05, 3.63) is 53.8 Å². The van der Waals surface area contributed by atoms with E-state index in [1.165, 1.54) is 0 Å². The van der Waals surface area contributed by atoms with Gasteiger partial charge in [-0.25, -0.2) is 0 Å². The third-order valence-electron chi connectivity index (χ3n) is 3.10. The van der Waals surface area contributed by atoms with Gasteiger partial charge in [-0.2, -0.15) is 0 Å². The number of halogens is 1. The second-order valence-electron chi connectivity index (χ2n) is 5.27. The molecule has 3 nitrogen and oxygen atoms in total. The summed E-state index contributed by atoms with van der Waals surface area (Å²) >= 11 is 5.84. The van der Waals surface area contributed by atoms with Crippen molar-refractivity contribution in [2.45, 2.75) is 26.3 Å². The van der Waals surface area contributed by atoms with E-state index in [1.807, 2.05) is 41.2 Å². The Hall–Kier alpha value is -1.74. The van der Waals surface area contributed by atoms with Gasteiger partial charge in [-0.1, -0.05) is 25.4 Å². The quantitative estimate of drug-likeness (QED) is 0.872. The molecule has 4 heteroatoms. The molecule has 1 N–H and O–H groups in total. The summed E-state index contributed by atoms with van der Waals surface area (Å²) < 4.78 is 1.95. The van der Waals surface area contributed by atoms with Crippen LogP contribution in [-0.4, -0.2) is 10.5 Å². The summed E-state index contributed by atoms with van der Waals surface area (Å²) in [7, 11) is 0. The van der Waals surface area contributed by atoms with E-state index in [0.29, 0.717) is 10.9 Å². The van der Waals surface area contributed by atoms with Gasteiger partial charge in [0.25, 0.3) is 0 Å². The number of benzene rings is 1. The topological polar surface area (TPSA) is 34.0 Å². The maximum Gasteiger partial charge on any atom is 0.247 e. The fraction of sp³-hybridized carbons (Fsp3) is 0.312. The van der Waals surface area contributed by atoms with Crippen molar-refractivity contribution in [2.75, 3.05) is 5.32 Å². The summed E-state index contributed by atoms with van der Waals surface area (Å²) in [6.45, 7) is 4.23. The summed E-state index contributed by atoms with van der Waals surface area (Å²) in [4.78, 5) is 12.5. The molecule has 0 aliphatic heterocycles. The number of hydrogen-bond donors (Lipinski definition) is 1. The molecular formula is C16H19ClN2O. The van der Waals surface area contributed by atoms with Gasteiger partial charge in [0.05, 0.1) is 0 Å². The van der Waals surface area contributed by atoms with Crippen LogP contribution in [0, 0.1) is 5.92 Å². The minimum Gasteiger partial charge on any atom is -0.342 e. The molecule has 20 heavy (non-hydrogen) atoms. The van der Waals surface area contributed by atoms with Crippen LogP contribution >= 0.6 is 11.6 Å². The average Bonchev–Trinajstić information content (AvgIpc) is 2.92. The Kier molecular flexibility index (Phi) is 4.85. The molecule has 0 unspecified atom stereocenters. The van der Waals surface area contributed by atoms with Crippen LogP contribution in [-0.2, 0) is 4.79 Å². The number of rotatable bonds is 5. The van der Waals surface area contributed by atoms with Crippen LogP contribution in [0.3, 0.4) is 0 Å². The van der Waals surface area contributed by atoms with Gasteiger partial charge in [-0.3, -0.25) is 4.79 Å². The number of nitrogens with zero attached hydrogens (tertiary/aromatic N) is 1. The molecule has 1 heterocycles. The molecule has 0 saturated heterocycles. The van der Waals surface area contributed by atoms with Crippen LogP contribution in [0.5, 0.6) is 0 Å². The van der Waals surface area contributed by atoms with Gasteiger partial charge in [-0.15, -0.1) is 0 Å². The fourth-order valence-electron chi connectivity index (χ4n) is 2.13. The van der Waals surface area contributed by atoms with Gasteiger partial charge in [0.1, 0.15) is 6.04 Å². The van der Waals surface area contributed by atoms with E-state index in [4.69, 9.17) is 11.6 Å². The lowest BCUT2D eigenvalue weighted by Gasteiger charge is -2.20. The zero-order chi connectivity index (χ0) is 14.5. The molecule has 0 saturated carbocycles. The smallest absolute Gasteiger partial charge is 0.247 e. The highest BCUT2D eigenvalue weighted by molar-refractivity contribution is 6.30. The number of nitrogens with one attached hydrogen (secondary N) is 1. The highest BCUT2D eigenvalue weighted by Gasteiger charge is 2.20. The normalized spacial score (nSPS) is 12.4. The molecule has 2 aromatic rings. The van der Waals surface area contributed by atoms with E-state index in [1.54, 1.807) is 12.1 Å². The van der Waals surface area contributed by atoms with Crippen molar-refractivity contribution in [3.63, 3.8) is 0 Å². The largest absolute Gasteiger partial charge is 0.342 e. The number of anilines is 1. The predicted octanol–water partition coefficient (Wildman–Crippen LogP) is 4.37. The third kappa shape index (κ3) is 3.87. The van der Waals surface area contributed by atoms with Crippen LogP contribution in [0.1, 0.15) is 26.3 Å². The first kappa shape index (κ1) is 14.7. The van der Waals surface area contributed by atoms with Crippen molar-refractivity contribution in [1.29, 1.82) is 0 Å². The molecule has 1 amide bonds. The van der Waals surface area contributed by atoms with Gasteiger partial charge in [-0.05, 0) is 48.7 Å². The van der Waals surface area contributed by atoms with E-state index in [0.717, 1.165) is 12.1 Å². The summed E-state index contributed by atoms with van der Waals surface area (Å²) in [5, 5.41) is 3.60. The minimum absolute atomic E-state index is 0.00257. The van der Waals surface area contributed by atoms with Crippen molar-refractivity contribution >= 4 is 23.2 Å². The van der Waals surface area contributed by atoms with Crippen LogP contribution < -0.4 is 5.32 Å². The Balaban J connectivity index is 2.12. The molecule has 1 aromatic heterocycles. The molecular weight excluding hydrogens is 272 g/mol. The number of aromatic nitrogens is 1. The zero-order valence-corrected chi connectivity index (χ0v) is 12.5. The molecule has 0 fully saturated rings. The number of carbonyl (C=O) groups excluding carboxylic acids is 1. The first-order valence-electron chi connectivity index (χ1n) is 6.75. The Bertz CT molecular complexity index is 546. The van der Waals surface area contributed by atoms with Gasteiger partial charge in [0, 0.05) is 23.1 Å². The molecule has 1 aromatic carbocycles. The van der Waals surface area contributed by atoms with Crippen LogP contribution in [0.2, 0.25) is 5.02 Å². The fourth-order valence-corrected chi connectivity index (χ4v) is 2.25.